The number of anilines is 2. The van der Waals surface area contributed by atoms with Crippen molar-refractivity contribution >= 4 is 33.2 Å². The highest BCUT2D eigenvalue weighted by Gasteiger charge is 2.46. The maximum absolute atomic E-state index is 2.56. The van der Waals surface area contributed by atoms with E-state index >= 15 is 0 Å². The van der Waals surface area contributed by atoms with Crippen molar-refractivity contribution in [1.29, 1.82) is 0 Å². The molecule has 6 aromatic rings. The molecule has 0 aliphatic carbocycles. The van der Waals surface area contributed by atoms with Gasteiger partial charge in [0.1, 0.15) is 0 Å². The molecule has 0 N–H and O–H groups in total. The van der Waals surface area contributed by atoms with Crippen molar-refractivity contribution in [1.82, 2.24) is 14.4 Å². The van der Waals surface area contributed by atoms with Gasteiger partial charge in [0.15, 0.2) is 0 Å². The third-order valence-electron chi connectivity index (χ3n) is 11.5. The van der Waals surface area contributed by atoms with Gasteiger partial charge in [0.2, 0.25) is 0 Å². The number of fused-ring (bicyclic) bond motifs is 5. The second kappa shape index (κ2) is 11.3. The first-order valence-electron chi connectivity index (χ1n) is 18.6. The zero-order valence-electron chi connectivity index (χ0n) is 31.8. The summed E-state index contributed by atoms with van der Waals surface area (Å²) in [5.41, 5.74) is 13.4. The fraction of sp³-hybridized carbons (Fsp3) is 0.277. The Balaban J connectivity index is 1.46. The van der Waals surface area contributed by atoms with Crippen molar-refractivity contribution in [3.05, 3.63) is 161 Å². The van der Waals surface area contributed by atoms with Crippen molar-refractivity contribution in [2.45, 2.75) is 57.8 Å². The first-order valence-corrected chi connectivity index (χ1v) is 18.6. The molecular formula is C47H49N5. The van der Waals surface area contributed by atoms with Gasteiger partial charge in [-0.25, -0.2) is 0 Å². The fourth-order valence-electron chi connectivity index (χ4n) is 8.73. The summed E-state index contributed by atoms with van der Waals surface area (Å²) in [6, 6.07) is 40.0. The van der Waals surface area contributed by atoms with E-state index in [2.05, 4.69) is 208 Å². The van der Waals surface area contributed by atoms with E-state index in [1.54, 1.807) is 0 Å². The molecular weight excluding hydrogens is 635 g/mol. The number of hydrogen-bond donors (Lipinski definition) is 0. The van der Waals surface area contributed by atoms with E-state index in [0.717, 1.165) is 13.3 Å². The number of rotatable bonds is 4. The van der Waals surface area contributed by atoms with E-state index in [1.807, 2.05) is 0 Å². The SMILES string of the molecule is CN1C=CN(c2cc(C(C)(C)C)cc(C3(c4ccccc4)c4cc(N5C=CN(C)C5)ccc4-n4c5ccc(C(C)(C)C)cc5c5cccc3c54)c2)C1. The molecule has 0 saturated carbocycles. The smallest absolute Gasteiger partial charge is 0.0938 e. The van der Waals surface area contributed by atoms with Crippen LogP contribution in [0.5, 0.6) is 0 Å². The number of benzene rings is 5. The van der Waals surface area contributed by atoms with Gasteiger partial charge in [-0.1, -0.05) is 102 Å². The van der Waals surface area contributed by atoms with Crippen LogP contribution in [0.3, 0.4) is 0 Å². The summed E-state index contributed by atoms with van der Waals surface area (Å²) in [6.45, 7) is 15.6. The van der Waals surface area contributed by atoms with Gasteiger partial charge < -0.3 is 24.2 Å². The van der Waals surface area contributed by atoms with Crippen LogP contribution in [0.25, 0.3) is 27.5 Å². The average molecular weight is 684 g/mol. The van der Waals surface area contributed by atoms with E-state index in [-0.39, 0.29) is 10.8 Å². The highest BCUT2D eigenvalue weighted by atomic mass is 15.3. The minimum atomic E-state index is -0.607. The van der Waals surface area contributed by atoms with Crippen molar-refractivity contribution in [2.75, 3.05) is 37.2 Å². The van der Waals surface area contributed by atoms with Crippen molar-refractivity contribution in [3.63, 3.8) is 0 Å². The van der Waals surface area contributed by atoms with Crippen LogP contribution in [-0.2, 0) is 16.2 Å². The summed E-state index contributed by atoms with van der Waals surface area (Å²) < 4.78 is 2.56. The molecule has 0 saturated heterocycles. The first kappa shape index (κ1) is 32.5. The Morgan fingerprint density at radius 2 is 1.21 bits per heavy atom. The lowest BCUT2D eigenvalue weighted by atomic mass is 9.62. The molecule has 5 aromatic carbocycles. The molecule has 3 aliphatic rings. The molecule has 1 aromatic heterocycles. The topological polar surface area (TPSA) is 17.9 Å². The van der Waals surface area contributed by atoms with Crippen molar-refractivity contribution in [3.8, 4) is 5.69 Å². The van der Waals surface area contributed by atoms with E-state index in [0.29, 0.717) is 0 Å². The molecule has 0 bridgehead atoms. The van der Waals surface area contributed by atoms with E-state index < -0.39 is 5.41 Å². The molecule has 52 heavy (non-hydrogen) atoms. The summed E-state index contributed by atoms with van der Waals surface area (Å²) in [6.07, 6.45) is 8.75. The lowest BCUT2D eigenvalue weighted by molar-refractivity contribution is 0.495. The molecule has 0 amide bonds. The van der Waals surface area contributed by atoms with Gasteiger partial charge in [-0.15, -0.1) is 0 Å². The molecule has 1 unspecified atom stereocenters. The third-order valence-corrected chi connectivity index (χ3v) is 11.5. The Labute approximate surface area is 308 Å². The monoisotopic (exact) mass is 683 g/mol. The average Bonchev–Trinajstić information content (AvgIpc) is 3.85. The maximum atomic E-state index is 2.56. The Hall–Kier alpha value is -5.42. The molecule has 262 valence electrons. The van der Waals surface area contributed by atoms with Crippen LogP contribution in [0.1, 0.15) is 74.9 Å². The second-order valence-electron chi connectivity index (χ2n) is 17.2. The largest absolute Gasteiger partial charge is 0.361 e. The highest BCUT2D eigenvalue weighted by molar-refractivity contribution is 6.12. The van der Waals surface area contributed by atoms with E-state index in [4.69, 9.17) is 0 Å². The minimum Gasteiger partial charge on any atom is -0.361 e. The number of hydrogen-bond acceptors (Lipinski definition) is 4. The standard InChI is InChI=1S/C47H49N5/c1-45(2,3)33-17-19-42-39(28-33)38-15-12-16-40-44(38)52(42)43-20-18-36(50-23-21-48(7)30-50)29-41(43)47(40,32-13-10-9-11-14-32)35-25-34(46(4,5)6)26-37(27-35)51-24-22-49(8)31-51/h9-29H,30-31H2,1-8H3. The highest BCUT2D eigenvalue weighted by Crippen LogP contribution is 2.56. The summed E-state index contributed by atoms with van der Waals surface area (Å²) in [7, 11) is 4.28. The minimum absolute atomic E-state index is 0.0410. The van der Waals surface area contributed by atoms with Crippen molar-refractivity contribution in [2.24, 2.45) is 0 Å². The van der Waals surface area contributed by atoms with E-state index in [9.17, 15) is 0 Å². The van der Waals surface area contributed by atoms with Gasteiger partial charge in [0.25, 0.3) is 0 Å². The summed E-state index contributed by atoms with van der Waals surface area (Å²) in [4.78, 5) is 9.21. The van der Waals surface area contributed by atoms with Crippen LogP contribution < -0.4 is 9.80 Å². The Morgan fingerprint density at radius 1 is 0.519 bits per heavy atom. The molecule has 3 aliphatic heterocycles. The fourth-order valence-corrected chi connectivity index (χ4v) is 8.73. The predicted molar refractivity (Wildman–Crippen MR) is 219 cm³/mol. The van der Waals surface area contributed by atoms with E-state index in [1.165, 1.54) is 72.2 Å². The molecule has 5 heteroatoms. The molecule has 0 fully saturated rings. The van der Waals surface area contributed by atoms with Gasteiger partial charge in [-0.3, -0.25) is 0 Å². The van der Waals surface area contributed by atoms with Crippen LogP contribution in [0.15, 0.2) is 128 Å². The molecule has 0 radical (unpaired) electrons. The number of nitrogens with zero attached hydrogens (tertiary/aromatic N) is 5. The zero-order chi connectivity index (χ0) is 36.2. The van der Waals surface area contributed by atoms with Gasteiger partial charge in [-0.2, -0.15) is 0 Å². The van der Waals surface area contributed by atoms with Crippen LogP contribution in [0.2, 0.25) is 0 Å². The number of para-hydroxylation sites is 1. The number of aromatic nitrogens is 1. The van der Waals surface area contributed by atoms with Crippen LogP contribution in [-0.4, -0.2) is 41.8 Å². The van der Waals surface area contributed by atoms with Crippen LogP contribution in [0.4, 0.5) is 11.4 Å². The molecule has 9 rings (SSSR count). The van der Waals surface area contributed by atoms with Gasteiger partial charge >= 0.3 is 0 Å². The lowest BCUT2D eigenvalue weighted by Crippen LogP contribution is -2.36. The van der Waals surface area contributed by atoms with Gasteiger partial charge in [0, 0.05) is 61.0 Å². The maximum Gasteiger partial charge on any atom is 0.0938 e. The molecule has 5 nitrogen and oxygen atoms in total. The molecule has 4 heterocycles. The Bertz CT molecular complexity index is 2440. The quantitative estimate of drug-likeness (QED) is 0.184. The summed E-state index contributed by atoms with van der Waals surface area (Å²) >= 11 is 0. The predicted octanol–water partition coefficient (Wildman–Crippen LogP) is 10.4. The summed E-state index contributed by atoms with van der Waals surface area (Å²) in [5.74, 6) is 0. The first-order chi connectivity index (χ1) is 24.8. The van der Waals surface area contributed by atoms with Gasteiger partial charge in [0.05, 0.1) is 35.5 Å². The normalized spacial score (nSPS) is 18.4. The summed E-state index contributed by atoms with van der Waals surface area (Å²) in [5, 5.41) is 2.61. The molecule has 0 spiro atoms. The van der Waals surface area contributed by atoms with Crippen LogP contribution in [0, 0.1) is 0 Å². The Morgan fingerprint density at radius 3 is 1.87 bits per heavy atom. The van der Waals surface area contributed by atoms with Crippen LogP contribution >= 0.6 is 0 Å². The Kier molecular flexibility index (Phi) is 7.05. The van der Waals surface area contributed by atoms with Crippen molar-refractivity contribution < 1.29 is 0 Å². The second-order valence-corrected chi connectivity index (χ2v) is 17.2. The molecule has 1 atom stereocenters. The van der Waals surface area contributed by atoms with Gasteiger partial charge in [-0.05, 0) is 86.7 Å². The zero-order valence-corrected chi connectivity index (χ0v) is 31.8. The lowest BCUT2D eigenvalue weighted by Gasteiger charge is -2.43. The third kappa shape index (κ3) is 4.82.